The summed E-state index contributed by atoms with van der Waals surface area (Å²) in [5, 5.41) is 15.1. The number of fused-ring (bicyclic) bond motifs is 1. The highest BCUT2D eigenvalue weighted by atomic mass is 35.5. The summed E-state index contributed by atoms with van der Waals surface area (Å²) in [4.78, 5) is 38.0. The maximum Gasteiger partial charge on any atom is 0.407 e. The number of hydrogen-bond acceptors (Lipinski definition) is 7. The summed E-state index contributed by atoms with van der Waals surface area (Å²) < 4.78 is 30.6. The monoisotopic (exact) mass is 548 g/mol. The van der Waals surface area contributed by atoms with E-state index in [4.69, 9.17) is 17.3 Å². The molecule has 1 unspecified atom stereocenters. The zero-order valence-corrected chi connectivity index (χ0v) is 21.1. The SMILES string of the molecule is NC(=O)[C@H]1CC[C@H](n2c(Nc3ccc(Cl)c(F)c3F)nc3cnc(NC4CCCN(C(=O)O)C4)nc32)CC1. The number of amides is 2. The first-order chi connectivity index (χ1) is 18.2. The van der Waals surface area contributed by atoms with Crippen molar-refractivity contribution in [3.8, 4) is 0 Å². The van der Waals surface area contributed by atoms with Gasteiger partial charge in [0.25, 0.3) is 0 Å². The summed E-state index contributed by atoms with van der Waals surface area (Å²) in [5.41, 5.74) is 6.26. The molecule has 2 amide bonds. The summed E-state index contributed by atoms with van der Waals surface area (Å²) in [6.07, 6.45) is 4.39. The Labute approximate surface area is 221 Å². The molecule has 1 atom stereocenters. The number of primary amides is 1. The minimum Gasteiger partial charge on any atom is -0.465 e. The molecule has 1 saturated carbocycles. The van der Waals surface area contributed by atoms with Crippen molar-refractivity contribution in [2.75, 3.05) is 23.7 Å². The number of nitrogens with one attached hydrogen (secondary N) is 2. The first-order valence-electron chi connectivity index (χ1n) is 12.4. The highest BCUT2D eigenvalue weighted by Crippen LogP contribution is 2.37. The van der Waals surface area contributed by atoms with Gasteiger partial charge in [-0.2, -0.15) is 4.98 Å². The number of piperidine rings is 1. The molecule has 0 radical (unpaired) electrons. The van der Waals surface area contributed by atoms with E-state index < -0.39 is 17.7 Å². The molecular formula is C24H27ClF2N8O3. The number of hydrogen-bond donors (Lipinski definition) is 4. The number of carbonyl (C=O) groups is 2. The maximum atomic E-state index is 14.6. The third-order valence-corrected chi connectivity index (χ3v) is 7.50. The maximum absolute atomic E-state index is 14.6. The Balaban J connectivity index is 1.49. The summed E-state index contributed by atoms with van der Waals surface area (Å²) in [7, 11) is 0. The van der Waals surface area contributed by atoms with Crippen LogP contribution in [0.3, 0.4) is 0 Å². The number of likely N-dealkylation sites (tertiary alicyclic amines) is 1. The van der Waals surface area contributed by atoms with Crippen LogP contribution in [0.2, 0.25) is 5.02 Å². The number of nitrogens with zero attached hydrogens (tertiary/aromatic N) is 5. The van der Waals surface area contributed by atoms with Gasteiger partial charge in [0.2, 0.25) is 17.8 Å². The lowest BCUT2D eigenvalue weighted by molar-refractivity contribution is -0.122. The van der Waals surface area contributed by atoms with Crippen molar-refractivity contribution in [3.63, 3.8) is 0 Å². The number of nitrogens with two attached hydrogens (primary N) is 1. The van der Waals surface area contributed by atoms with Crippen LogP contribution in [0.1, 0.15) is 44.6 Å². The predicted octanol–water partition coefficient (Wildman–Crippen LogP) is 4.27. The van der Waals surface area contributed by atoms with Gasteiger partial charge in [-0.25, -0.2) is 23.5 Å². The Bertz CT molecular complexity index is 1380. The Hall–Kier alpha value is -3.74. The van der Waals surface area contributed by atoms with E-state index in [-0.39, 0.29) is 40.6 Å². The second kappa shape index (κ2) is 10.6. The van der Waals surface area contributed by atoms with E-state index in [1.54, 1.807) is 0 Å². The van der Waals surface area contributed by atoms with Crippen molar-refractivity contribution >= 4 is 52.3 Å². The molecule has 202 valence electrons. The van der Waals surface area contributed by atoms with Crippen LogP contribution < -0.4 is 16.4 Å². The zero-order valence-electron chi connectivity index (χ0n) is 20.3. The second-order valence-corrected chi connectivity index (χ2v) is 10.1. The van der Waals surface area contributed by atoms with E-state index in [0.717, 1.165) is 6.42 Å². The number of carbonyl (C=O) groups excluding carboxylic acids is 1. The molecule has 3 heterocycles. The van der Waals surface area contributed by atoms with Crippen LogP contribution in [0.25, 0.3) is 11.2 Å². The van der Waals surface area contributed by atoms with Gasteiger partial charge in [-0.15, -0.1) is 0 Å². The van der Waals surface area contributed by atoms with Gasteiger partial charge in [0.1, 0.15) is 5.52 Å². The summed E-state index contributed by atoms with van der Waals surface area (Å²) in [5.74, 6) is -2.33. The van der Waals surface area contributed by atoms with Crippen LogP contribution in [0, 0.1) is 17.6 Å². The van der Waals surface area contributed by atoms with E-state index >= 15 is 0 Å². The van der Waals surface area contributed by atoms with Gasteiger partial charge < -0.3 is 26.4 Å². The van der Waals surface area contributed by atoms with Gasteiger partial charge >= 0.3 is 6.09 Å². The van der Waals surface area contributed by atoms with Crippen LogP contribution in [0.15, 0.2) is 18.3 Å². The first kappa shape index (κ1) is 25.9. The van der Waals surface area contributed by atoms with Gasteiger partial charge in [0.15, 0.2) is 17.3 Å². The Kier molecular flexibility index (Phi) is 7.19. The lowest BCUT2D eigenvalue weighted by Crippen LogP contribution is -2.44. The third kappa shape index (κ3) is 5.15. The molecule has 1 saturated heterocycles. The van der Waals surface area contributed by atoms with E-state index in [2.05, 4.69) is 25.6 Å². The fraction of sp³-hybridized carbons (Fsp3) is 0.458. The Morgan fingerprint density at radius 1 is 1.11 bits per heavy atom. The van der Waals surface area contributed by atoms with Crippen LogP contribution in [-0.2, 0) is 4.79 Å². The van der Waals surface area contributed by atoms with E-state index in [1.165, 1.54) is 23.2 Å². The number of imidazole rings is 1. The predicted molar refractivity (Wildman–Crippen MR) is 136 cm³/mol. The number of anilines is 3. The quantitative estimate of drug-likeness (QED) is 0.333. The smallest absolute Gasteiger partial charge is 0.407 e. The lowest BCUT2D eigenvalue weighted by Gasteiger charge is -2.31. The average Bonchev–Trinajstić information content (AvgIpc) is 3.26. The Morgan fingerprint density at radius 2 is 1.87 bits per heavy atom. The molecule has 2 aliphatic rings. The molecule has 5 rings (SSSR count). The molecule has 1 aromatic carbocycles. The topological polar surface area (TPSA) is 151 Å². The van der Waals surface area contributed by atoms with Gasteiger partial charge in [0, 0.05) is 31.1 Å². The highest BCUT2D eigenvalue weighted by molar-refractivity contribution is 6.30. The third-order valence-electron chi connectivity index (χ3n) is 7.20. The van der Waals surface area contributed by atoms with Crippen LogP contribution in [0.5, 0.6) is 0 Å². The fourth-order valence-corrected chi connectivity index (χ4v) is 5.35. The molecule has 14 heteroatoms. The molecule has 1 aliphatic heterocycles. The molecular weight excluding hydrogens is 522 g/mol. The molecule has 2 fully saturated rings. The van der Waals surface area contributed by atoms with E-state index in [0.29, 0.717) is 62.3 Å². The molecule has 11 nitrogen and oxygen atoms in total. The first-order valence-corrected chi connectivity index (χ1v) is 12.8. The number of benzene rings is 1. The van der Waals surface area contributed by atoms with Crippen molar-refractivity contribution < 1.29 is 23.5 Å². The molecule has 5 N–H and O–H groups in total. The van der Waals surface area contributed by atoms with E-state index in [1.807, 2.05) is 4.57 Å². The summed E-state index contributed by atoms with van der Waals surface area (Å²) in [6.45, 7) is 0.784. The van der Waals surface area contributed by atoms with E-state index in [9.17, 15) is 23.5 Å². The van der Waals surface area contributed by atoms with Gasteiger partial charge in [0.05, 0.1) is 16.9 Å². The molecule has 2 aromatic heterocycles. The molecule has 3 aromatic rings. The van der Waals surface area contributed by atoms with Crippen molar-refractivity contribution in [1.82, 2.24) is 24.4 Å². The number of halogens is 3. The standard InChI is InChI=1S/C24H27ClF2N8O3/c25-15-7-8-16(19(27)18(15)26)31-23-32-17-10-29-22(30-13-2-1-9-34(11-13)24(37)38)33-21(17)35(23)14-5-3-12(4-6-14)20(28)36/h7-8,10,12-14H,1-6,9,11H2,(H2,28,36)(H,31,32)(H,37,38)(H,29,30,33)/t12-,13?,14-. The van der Waals surface area contributed by atoms with Crippen LogP contribution >= 0.6 is 11.6 Å². The fourth-order valence-electron chi connectivity index (χ4n) is 5.21. The van der Waals surface area contributed by atoms with Crippen LogP contribution in [-0.4, -0.2) is 60.7 Å². The largest absolute Gasteiger partial charge is 0.465 e. The molecule has 38 heavy (non-hydrogen) atoms. The summed E-state index contributed by atoms with van der Waals surface area (Å²) >= 11 is 5.71. The molecule has 1 aliphatic carbocycles. The normalized spacial score (nSPS) is 21.9. The van der Waals surface area contributed by atoms with Gasteiger partial charge in [-0.05, 0) is 50.7 Å². The number of aromatic nitrogens is 4. The van der Waals surface area contributed by atoms with Gasteiger partial charge in [-0.3, -0.25) is 9.36 Å². The van der Waals surface area contributed by atoms with Crippen LogP contribution in [0.4, 0.5) is 31.2 Å². The van der Waals surface area contributed by atoms with Crippen molar-refractivity contribution in [3.05, 3.63) is 35.0 Å². The van der Waals surface area contributed by atoms with Gasteiger partial charge in [-0.1, -0.05) is 11.6 Å². The average molecular weight is 549 g/mol. The lowest BCUT2D eigenvalue weighted by atomic mass is 9.85. The Morgan fingerprint density at radius 3 is 2.58 bits per heavy atom. The summed E-state index contributed by atoms with van der Waals surface area (Å²) in [6, 6.07) is 2.27. The van der Waals surface area contributed by atoms with Crippen molar-refractivity contribution in [1.29, 1.82) is 0 Å². The second-order valence-electron chi connectivity index (χ2n) is 9.68. The highest BCUT2D eigenvalue weighted by Gasteiger charge is 2.30. The van der Waals surface area contributed by atoms with Crippen molar-refractivity contribution in [2.45, 2.75) is 50.6 Å². The zero-order chi connectivity index (χ0) is 27.0. The molecule has 0 spiro atoms. The minimum absolute atomic E-state index is 0.141. The molecule has 0 bridgehead atoms. The number of carboxylic acid groups (broad SMARTS) is 1. The number of rotatable bonds is 6. The minimum atomic E-state index is -1.17. The van der Waals surface area contributed by atoms with Crippen molar-refractivity contribution in [2.24, 2.45) is 11.7 Å².